The van der Waals surface area contributed by atoms with Gasteiger partial charge in [0.25, 0.3) is 0 Å². The zero-order chi connectivity index (χ0) is 12.6. The molecule has 0 radical (unpaired) electrons. The van der Waals surface area contributed by atoms with Crippen molar-refractivity contribution >= 4 is 23.0 Å². The summed E-state index contributed by atoms with van der Waals surface area (Å²) in [4.78, 5) is 35.2. The lowest BCUT2D eigenvalue weighted by atomic mass is 9.82. The Kier molecular flexibility index (Phi) is 2.79. The Morgan fingerprint density at radius 1 is 1.12 bits per heavy atom. The van der Waals surface area contributed by atoms with E-state index in [1.54, 1.807) is 24.3 Å². The topological polar surface area (TPSA) is 63.2 Å². The van der Waals surface area contributed by atoms with Crippen LogP contribution in [-0.4, -0.2) is 23.4 Å². The molecule has 0 saturated heterocycles. The smallest absolute Gasteiger partial charge is 0.177 e. The van der Waals surface area contributed by atoms with Crippen LogP contribution in [0.25, 0.3) is 0 Å². The molecule has 1 aromatic rings. The quantitative estimate of drug-likeness (QED) is 0.782. The summed E-state index contributed by atoms with van der Waals surface area (Å²) in [5.41, 5.74) is 1.10. The van der Waals surface area contributed by atoms with Gasteiger partial charge in [0.2, 0.25) is 0 Å². The minimum Gasteiger partial charge on any atom is -0.374 e. The number of para-hydroxylation sites is 1. The van der Waals surface area contributed by atoms with Crippen LogP contribution in [0.5, 0.6) is 0 Å². The number of nitrogens with one attached hydrogen (secondary N) is 1. The van der Waals surface area contributed by atoms with E-state index in [1.165, 1.54) is 13.8 Å². The lowest BCUT2D eigenvalue weighted by Crippen LogP contribution is -2.47. The summed E-state index contributed by atoms with van der Waals surface area (Å²) in [5.74, 6) is -1.65. The number of fused-ring (bicyclic) bond motifs is 1. The maximum absolute atomic E-state index is 12.2. The third kappa shape index (κ3) is 1.86. The average molecular weight is 231 g/mol. The molecule has 0 fully saturated rings. The summed E-state index contributed by atoms with van der Waals surface area (Å²) in [6, 6.07) is 6.18. The van der Waals surface area contributed by atoms with Crippen LogP contribution in [0.2, 0.25) is 0 Å². The molecule has 0 bridgehead atoms. The fourth-order valence-electron chi connectivity index (χ4n) is 2.15. The standard InChI is InChI=1S/C13H13NO3/c1-7(15)11-12(8(2)16)14-10-6-4-3-5-9(10)13(11)17/h3-6,11-12,14H,1-2H3. The summed E-state index contributed by atoms with van der Waals surface area (Å²) < 4.78 is 0. The van der Waals surface area contributed by atoms with E-state index in [2.05, 4.69) is 5.32 Å². The highest BCUT2D eigenvalue weighted by Crippen LogP contribution is 2.29. The van der Waals surface area contributed by atoms with E-state index in [1.807, 2.05) is 0 Å². The number of Topliss-reactive ketones (excluding diaryl/α,β-unsaturated/α-hetero) is 3. The Hall–Kier alpha value is -1.97. The average Bonchev–Trinajstić information content (AvgIpc) is 2.28. The van der Waals surface area contributed by atoms with Crippen molar-refractivity contribution in [2.45, 2.75) is 19.9 Å². The van der Waals surface area contributed by atoms with Gasteiger partial charge < -0.3 is 5.32 Å². The molecule has 1 aliphatic heterocycles. The molecule has 1 aromatic carbocycles. The summed E-state index contributed by atoms with van der Waals surface area (Å²) in [6.07, 6.45) is 0. The highest BCUT2D eigenvalue weighted by Gasteiger charge is 2.40. The van der Waals surface area contributed by atoms with Crippen LogP contribution in [0, 0.1) is 5.92 Å². The molecular formula is C13H13NO3. The number of benzene rings is 1. The summed E-state index contributed by atoms with van der Waals surface area (Å²) in [5, 5.41) is 2.97. The molecule has 1 heterocycles. The summed E-state index contributed by atoms with van der Waals surface area (Å²) >= 11 is 0. The fraction of sp³-hybridized carbons (Fsp3) is 0.308. The molecule has 0 aromatic heterocycles. The van der Waals surface area contributed by atoms with Crippen LogP contribution in [-0.2, 0) is 9.59 Å². The molecule has 0 saturated carbocycles. The van der Waals surface area contributed by atoms with E-state index >= 15 is 0 Å². The first-order valence-corrected chi connectivity index (χ1v) is 5.43. The normalized spacial score (nSPS) is 22.6. The van der Waals surface area contributed by atoms with E-state index < -0.39 is 12.0 Å². The van der Waals surface area contributed by atoms with Gasteiger partial charge in [0.05, 0.1) is 0 Å². The van der Waals surface area contributed by atoms with Gasteiger partial charge in [-0.05, 0) is 26.0 Å². The fourth-order valence-corrected chi connectivity index (χ4v) is 2.15. The second kappa shape index (κ2) is 4.13. The number of carbonyl (C=O) groups excluding carboxylic acids is 3. The molecular weight excluding hydrogens is 218 g/mol. The molecule has 88 valence electrons. The zero-order valence-corrected chi connectivity index (χ0v) is 9.69. The van der Waals surface area contributed by atoms with Crippen LogP contribution < -0.4 is 5.32 Å². The third-order valence-corrected chi connectivity index (χ3v) is 3.00. The molecule has 0 amide bonds. The molecule has 4 nitrogen and oxygen atoms in total. The Morgan fingerprint density at radius 2 is 1.76 bits per heavy atom. The first-order valence-electron chi connectivity index (χ1n) is 5.43. The summed E-state index contributed by atoms with van der Waals surface area (Å²) in [7, 11) is 0. The molecule has 4 heteroatoms. The predicted octanol–water partition coefficient (Wildman–Crippen LogP) is 1.46. The van der Waals surface area contributed by atoms with Gasteiger partial charge in [0.15, 0.2) is 11.6 Å². The highest BCUT2D eigenvalue weighted by atomic mass is 16.2. The Bertz CT molecular complexity index is 507. The van der Waals surface area contributed by atoms with E-state index in [4.69, 9.17) is 0 Å². The maximum atomic E-state index is 12.2. The molecule has 1 N–H and O–H groups in total. The van der Waals surface area contributed by atoms with Gasteiger partial charge in [0, 0.05) is 11.3 Å². The SMILES string of the molecule is CC(=O)C1Nc2ccccc2C(=O)C1C(C)=O. The molecule has 1 aliphatic rings. The largest absolute Gasteiger partial charge is 0.374 e. The van der Waals surface area contributed by atoms with Crippen LogP contribution >= 0.6 is 0 Å². The van der Waals surface area contributed by atoms with Crippen molar-refractivity contribution in [3.8, 4) is 0 Å². The number of ketones is 3. The first kappa shape index (κ1) is 11.5. The number of rotatable bonds is 2. The van der Waals surface area contributed by atoms with E-state index in [-0.39, 0.29) is 17.3 Å². The van der Waals surface area contributed by atoms with E-state index in [0.717, 1.165) is 0 Å². The molecule has 0 spiro atoms. The molecule has 2 atom stereocenters. The van der Waals surface area contributed by atoms with E-state index in [9.17, 15) is 14.4 Å². The monoisotopic (exact) mass is 231 g/mol. The zero-order valence-electron chi connectivity index (χ0n) is 9.69. The van der Waals surface area contributed by atoms with Gasteiger partial charge in [-0.3, -0.25) is 14.4 Å². The Balaban J connectivity index is 2.52. The molecule has 2 rings (SSSR count). The van der Waals surface area contributed by atoms with Crippen molar-refractivity contribution in [1.82, 2.24) is 0 Å². The van der Waals surface area contributed by atoms with Crippen molar-refractivity contribution in [1.29, 1.82) is 0 Å². The third-order valence-electron chi connectivity index (χ3n) is 3.00. The highest BCUT2D eigenvalue weighted by molar-refractivity contribution is 6.18. The Morgan fingerprint density at radius 3 is 2.35 bits per heavy atom. The molecule has 0 aliphatic carbocycles. The van der Waals surface area contributed by atoms with Crippen molar-refractivity contribution < 1.29 is 14.4 Å². The minimum atomic E-state index is -0.901. The minimum absolute atomic E-state index is 0.201. The van der Waals surface area contributed by atoms with Gasteiger partial charge in [-0.25, -0.2) is 0 Å². The lowest BCUT2D eigenvalue weighted by Gasteiger charge is -2.30. The first-order chi connectivity index (χ1) is 8.02. The maximum Gasteiger partial charge on any atom is 0.177 e. The van der Waals surface area contributed by atoms with Crippen LogP contribution in [0.1, 0.15) is 24.2 Å². The number of carbonyl (C=O) groups is 3. The second-order valence-corrected chi connectivity index (χ2v) is 4.23. The van der Waals surface area contributed by atoms with Crippen LogP contribution in [0.15, 0.2) is 24.3 Å². The van der Waals surface area contributed by atoms with Crippen molar-refractivity contribution in [2.24, 2.45) is 5.92 Å². The van der Waals surface area contributed by atoms with Gasteiger partial charge in [0.1, 0.15) is 17.7 Å². The number of hydrogen-bond acceptors (Lipinski definition) is 4. The predicted molar refractivity (Wildman–Crippen MR) is 63.0 cm³/mol. The molecule has 2 unspecified atom stereocenters. The molecule has 17 heavy (non-hydrogen) atoms. The Labute approximate surface area is 99.0 Å². The van der Waals surface area contributed by atoms with Crippen molar-refractivity contribution in [3.05, 3.63) is 29.8 Å². The number of hydrogen-bond donors (Lipinski definition) is 1. The lowest BCUT2D eigenvalue weighted by molar-refractivity contribution is -0.125. The van der Waals surface area contributed by atoms with Crippen molar-refractivity contribution in [3.63, 3.8) is 0 Å². The number of anilines is 1. The van der Waals surface area contributed by atoms with Gasteiger partial charge in [-0.15, -0.1) is 0 Å². The second-order valence-electron chi connectivity index (χ2n) is 4.23. The van der Waals surface area contributed by atoms with Crippen LogP contribution in [0.3, 0.4) is 0 Å². The van der Waals surface area contributed by atoms with Gasteiger partial charge in [-0.2, -0.15) is 0 Å². The van der Waals surface area contributed by atoms with Gasteiger partial charge >= 0.3 is 0 Å². The van der Waals surface area contributed by atoms with E-state index in [0.29, 0.717) is 11.3 Å². The van der Waals surface area contributed by atoms with Crippen LogP contribution in [0.4, 0.5) is 5.69 Å². The van der Waals surface area contributed by atoms with Gasteiger partial charge in [-0.1, -0.05) is 12.1 Å². The summed E-state index contributed by atoms with van der Waals surface area (Å²) in [6.45, 7) is 2.73. The van der Waals surface area contributed by atoms with Crippen molar-refractivity contribution in [2.75, 3.05) is 5.32 Å².